The van der Waals surface area contributed by atoms with Gasteiger partial charge in [-0.15, -0.1) is 0 Å². The number of anilines is 3. The van der Waals surface area contributed by atoms with E-state index in [4.69, 9.17) is 4.74 Å². The third kappa shape index (κ3) is 6.30. The van der Waals surface area contributed by atoms with E-state index < -0.39 is 15.9 Å². The first-order chi connectivity index (χ1) is 16.7. The van der Waals surface area contributed by atoms with Crippen LogP contribution in [0.3, 0.4) is 0 Å². The van der Waals surface area contributed by atoms with Crippen LogP contribution in [-0.2, 0) is 10.0 Å². The number of benzene rings is 3. The molecule has 0 spiro atoms. The van der Waals surface area contributed by atoms with Gasteiger partial charge in [0.25, 0.3) is 15.9 Å². The third-order valence-corrected chi connectivity index (χ3v) is 6.80. The fourth-order valence-electron chi connectivity index (χ4n) is 3.30. The third-order valence-electron chi connectivity index (χ3n) is 5.42. The molecule has 1 fully saturated rings. The summed E-state index contributed by atoms with van der Waals surface area (Å²) < 4.78 is 33.4. The van der Waals surface area contributed by atoms with Gasteiger partial charge in [-0.3, -0.25) is 9.52 Å². The van der Waals surface area contributed by atoms with Gasteiger partial charge in [0.15, 0.2) is 0 Å². The van der Waals surface area contributed by atoms with Crippen molar-refractivity contribution >= 4 is 39.0 Å². The summed E-state index contributed by atoms with van der Waals surface area (Å²) in [7, 11) is -2.39. The number of ether oxygens (including phenoxy) is 1. The van der Waals surface area contributed by atoms with Crippen LogP contribution in [0.25, 0.3) is 0 Å². The zero-order valence-corrected chi connectivity index (χ0v) is 20.1. The summed E-state index contributed by atoms with van der Waals surface area (Å²) in [6.45, 7) is 1.73. The van der Waals surface area contributed by atoms with E-state index in [-0.39, 0.29) is 22.5 Å². The van der Waals surface area contributed by atoms with Crippen molar-refractivity contribution in [2.75, 3.05) is 22.5 Å². The van der Waals surface area contributed by atoms with Gasteiger partial charge >= 0.3 is 6.03 Å². The van der Waals surface area contributed by atoms with Gasteiger partial charge in [-0.2, -0.15) is 0 Å². The van der Waals surface area contributed by atoms with E-state index in [0.717, 1.165) is 12.8 Å². The standard InChI is InChI=1S/C25H26N4O5S/c1-16-3-14-22(35(32,33)29-20-10-12-21(34-2)13-11-20)15-23(16)24(30)26-17-4-6-18(7-5-17)27-25(31)28-19-8-9-19/h3-7,10-15,19,29H,8-9H2,1-2H3,(H,26,30)(H2,27,28,31). The molecule has 0 saturated heterocycles. The predicted molar refractivity (Wildman–Crippen MR) is 135 cm³/mol. The van der Waals surface area contributed by atoms with Crippen molar-refractivity contribution < 1.29 is 22.7 Å². The largest absolute Gasteiger partial charge is 0.497 e. The Bertz CT molecular complexity index is 1340. The topological polar surface area (TPSA) is 126 Å². The maximum absolute atomic E-state index is 12.9. The summed E-state index contributed by atoms with van der Waals surface area (Å²) in [5, 5.41) is 8.34. The molecule has 9 nitrogen and oxygen atoms in total. The number of sulfonamides is 1. The first kappa shape index (κ1) is 24.1. The van der Waals surface area contributed by atoms with E-state index in [9.17, 15) is 18.0 Å². The van der Waals surface area contributed by atoms with Gasteiger partial charge in [-0.25, -0.2) is 13.2 Å². The highest BCUT2D eigenvalue weighted by atomic mass is 32.2. The number of urea groups is 1. The Morgan fingerprint density at radius 3 is 2.06 bits per heavy atom. The molecule has 1 saturated carbocycles. The summed E-state index contributed by atoms with van der Waals surface area (Å²) in [5.41, 5.74) is 2.33. The summed E-state index contributed by atoms with van der Waals surface area (Å²) in [5.74, 6) is 0.156. The van der Waals surface area contributed by atoms with Crippen molar-refractivity contribution in [3.63, 3.8) is 0 Å². The van der Waals surface area contributed by atoms with Crippen LogP contribution in [-0.4, -0.2) is 33.5 Å². The number of amides is 3. The van der Waals surface area contributed by atoms with E-state index in [1.54, 1.807) is 61.5 Å². The molecule has 0 unspecified atom stereocenters. The van der Waals surface area contributed by atoms with Gasteiger partial charge in [0.2, 0.25) is 0 Å². The smallest absolute Gasteiger partial charge is 0.319 e. The van der Waals surface area contributed by atoms with Crippen molar-refractivity contribution in [2.45, 2.75) is 30.7 Å². The number of carbonyl (C=O) groups excluding carboxylic acids is 2. The molecule has 0 bridgehead atoms. The maximum atomic E-state index is 12.9. The zero-order chi connectivity index (χ0) is 25.0. The average Bonchev–Trinajstić information content (AvgIpc) is 3.64. The summed E-state index contributed by atoms with van der Waals surface area (Å²) in [6, 6.07) is 17.5. The Kier molecular flexibility index (Phi) is 6.92. The SMILES string of the molecule is COc1ccc(NS(=O)(=O)c2ccc(C)c(C(=O)Nc3ccc(NC(=O)NC4CC4)cc3)c2)cc1. The molecule has 3 amide bonds. The van der Waals surface area contributed by atoms with Crippen LogP contribution in [0, 0.1) is 6.92 Å². The van der Waals surface area contributed by atoms with Gasteiger partial charge in [-0.1, -0.05) is 6.07 Å². The van der Waals surface area contributed by atoms with Crippen molar-refractivity contribution in [3.05, 3.63) is 77.9 Å². The normalized spacial score (nSPS) is 13.0. The molecule has 0 aromatic heterocycles. The Balaban J connectivity index is 1.44. The fraction of sp³-hybridized carbons (Fsp3) is 0.200. The lowest BCUT2D eigenvalue weighted by molar-refractivity contribution is 0.102. The minimum atomic E-state index is -3.92. The molecule has 0 atom stereocenters. The molecular formula is C25H26N4O5S. The van der Waals surface area contributed by atoms with Crippen molar-refractivity contribution in [2.24, 2.45) is 0 Å². The van der Waals surface area contributed by atoms with Crippen LogP contribution < -0.4 is 25.4 Å². The van der Waals surface area contributed by atoms with Crippen molar-refractivity contribution in [1.29, 1.82) is 0 Å². The Morgan fingerprint density at radius 2 is 1.46 bits per heavy atom. The van der Waals surface area contributed by atoms with Gasteiger partial charge in [0, 0.05) is 28.7 Å². The lowest BCUT2D eigenvalue weighted by Gasteiger charge is -2.12. The lowest BCUT2D eigenvalue weighted by Crippen LogP contribution is -2.30. The number of hydrogen-bond donors (Lipinski definition) is 4. The van der Waals surface area contributed by atoms with Crippen LogP contribution in [0.1, 0.15) is 28.8 Å². The molecule has 4 N–H and O–H groups in total. The molecule has 10 heteroatoms. The molecule has 35 heavy (non-hydrogen) atoms. The average molecular weight is 495 g/mol. The van der Waals surface area contributed by atoms with Gasteiger partial charge in [0.1, 0.15) is 5.75 Å². The summed E-state index contributed by atoms with van der Waals surface area (Å²) in [6.07, 6.45) is 2.00. The molecule has 0 heterocycles. The Hall–Kier alpha value is -4.05. The van der Waals surface area contributed by atoms with Crippen LogP contribution >= 0.6 is 0 Å². The number of rotatable bonds is 8. The number of methoxy groups -OCH3 is 1. The Labute approximate surface area is 203 Å². The van der Waals surface area contributed by atoms with Crippen LogP contribution in [0.15, 0.2) is 71.6 Å². The zero-order valence-electron chi connectivity index (χ0n) is 19.3. The molecule has 0 aliphatic heterocycles. The van der Waals surface area contributed by atoms with E-state index in [1.807, 2.05) is 0 Å². The number of aryl methyl sites for hydroxylation is 1. The van der Waals surface area contributed by atoms with Gasteiger partial charge in [0.05, 0.1) is 12.0 Å². The quantitative estimate of drug-likeness (QED) is 0.371. The molecule has 1 aliphatic carbocycles. The first-order valence-corrected chi connectivity index (χ1v) is 12.5. The molecule has 3 aromatic carbocycles. The van der Waals surface area contributed by atoms with E-state index in [2.05, 4.69) is 20.7 Å². The molecule has 0 radical (unpaired) electrons. The second-order valence-electron chi connectivity index (χ2n) is 8.21. The molecule has 4 rings (SSSR count). The predicted octanol–water partition coefficient (Wildman–Crippen LogP) is 4.34. The number of hydrogen-bond acceptors (Lipinski definition) is 5. The molecule has 182 valence electrons. The maximum Gasteiger partial charge on any atom is 0.319 e. The van der Waals surface area contributed by atoms with Crippen molar-refractivity contribution in [1.82, 2.24) is 5.32 Å². The second-order valence-corrected chi connectivity index (χ2v) is 9.90. The molecule has 1 aliphatic rings. The number of carbonyl (C=O) groups is 2. The van der Waals surface area contributed by atoms with E-state index in [1.165, 1.54) is 19.2 Å². The lowest BCUT2D eigenvalue weighted by atomic mass is 10.1. The second kappa shape index (κ2) is 10.1. The fourth-order valence-corrected chi connectivity index (χ4v) is 4.39. The minimum absolute atomic E-state index is 0.0368. The van der Waals surface area contributed by atoms with Crippen LogP contribution in [0.5, 0.6) is 5.75 Å². The first-order valence-electron chi connectivity index (χ1n) is 11.0. The monoisotopic (exact) mass is 494 g/mol. The van der Waals surface area contributed by atoms with Gasteiger partial charge in [-0.05, 0) is 86.0 Å². The Morgan fingerprint density at radius 1 is 0.857 bits per heavy atom. The summed E-state index contributed by atoms with van der Waals surface area (Å²) in [4.78, 5) is 24.7. The van der Waals surface area contributed by atoms with Crippen LogP contribution in [0.4, 0.5) is 21.9 Å². The number of nitrogens with one attached hydrogen (secondary N) is 4. The minimum Gasteiger partial charge on any atom is -0.497 e. The van der Waals surface area contributed by atoms with Gasteiger partial charge < -0.3 is 20.7 Å². The van der Waals surface area contributed by atoms with Crippen LogP contribution in [0.2, 0.25) is 0 Å². The van der Waals surface area contributed by atoms with Crippen molar-refractivity contribution in [3.8, 4) is 5.75 Å². The molecule has 3 aromatic rings. The summed E-state index contributed by atoms with van der Waals surface area (Å²) >= 11 is 0. The molecular weight excluding hydrogens is 468 g/mol. The van der Waals surface area contributed by atoms with E-state index in [0.29, 0.717) is 28.4 Å². The van der Waals surface area contributed by atoms with E-state index >= 15 is 0 Å². The highest BCUT2D eigenvalue weighted by molar-refractivity contribution is 7.92. The highest BCUT2D eigenvalue weighted by Gasteiger charge is 2.23. The highest BCUT2D eigenvalue weighted by Crippen LogP contribution is 2.23.